The number of halogens is 1. The Morgan fingerprint density at radius 3 is 2.52 bits per heavy atom. The second-order valence-electron chi connectivity index (χ2n) is 5.42. The van der Waals surface area contributed by atoms with Crippen molar-refractivity contribution in [2.75, 3.05) is 18.1 Å². The van der Waals surface area contributed by atoms with Gasteiger partial charge in [0.2, 0.25) is 0 Å². The van der Waals surface area contributed by atoms with Crippen molar-refractivity contribution in [3.05, 3.63) is 34.9 Å². The summed E-state index contributed by atoms with van der Waals surface area (Å²) < 4.78 is 23.3. The normalized spacial score (nSPS) is 20.4. The van der Waals surface area contributed by atoms with E-state index in [2.05, 4.69) is 6.92 Å². The Bertz CT molecular complexity index is 598. The van der Waals surface area contributed by atoms with E-state index in [0.29, 0.717) is 23.6 Å². The number of nitrogens with zero attached hydrogens (tertiary/aromatic N) is 1. The molecule has 116 valence electrons. The molecule has 1 amide bonds. The van der Waals surface area contributed by atoms with Gasteiger partial charge in [-0.25, -0.2) is 8.42 Å². The van der Waals surface area contributed by atoms with Crippen LogP contribution in [0.1, 0.15) is 36.5 Å². The lowest BCUT2D eigenvalue weighted by Crippen LogP contribution is -2.41. The number of hydrogen-bond acceptors (Lipinski definition) is 3. The molecule has 1 aliphatic heterocycles. The van der Waals surface area contributed by atoms with Crippen LogP contribution < -0.4 is 0 Å². The Balaban J connectivity index is 2.19. The number of carbonyl (C=O) groups is 1. The molecule has 0 aromatic heterocycles. The summed E-state index contributed by atoms with van der Waals surface area (Å²) >= 11 is 5.84. The van der Waals surface area contributed by atoms with Gasteiger partial charge in [0, 0.05) is 23.2 Å². The SMILES string of the molecule is CCCCN(C(=O)c1ccc(Cl)cc1)[C@@H]1CCS(=O)(=O)C1. The lowest BCUT2D eigenvalue weighted by Gasteiger charge is -2.28. The highest BCUT2D eigenvalue weighted by atomic mass is 35.5. The predicted octanol–water partition coefficient (Wildman–Crippen LogP) is 2.77. The number of carbonyl (C=O) groups excluding carboxylic acids is 1. The molecule has 1 heterocycles. The van der Waals surface area contributed by atoms with Crippen LogP contribution in [-0.2, 0) is 9.84 Å². The topological polar surface area (TPSA) is 54.5 Å². The zero-order chi connectivity index (χ0) is 15.5. The van der Waals surface area contributed by atoms with E-state index < -0.39 is 9.84 Å². The first-order valence-corrected chi connectivity index (χ1v) is 9.40. The fourth-order valence-corrected chi connectivity index (χ4v) is 4.41. The molecular formula is C15H20ClNO3S. The summed E-state index contributed by atoms with van der Waals surface area (Å²) in [6.07, 6.45) is 2.37. The molecule has 4 nitrogen and oxygen atoms in total. The molecule has 1 aromatic carbocycles. The van der Waals surface area contributed by atoms with E-state index in [4.69, 9.17) is 11.6 Å². The van der Waals surface area contributed by atoms with Crippen LogP contribution in [-0.4, -0.2) is 43.3 Å². The molecule has 0 saturated carbocycles. The molecule has 1 aliphatic rings. The molecule has 1 atom stereocenters. The fraction of sp³-hybridized carbons (Fsp3) is 0.533. The maximum atomic E-state index is 12.6. The minimum atomic E-state index is -3.00. The van der Waals surface area contributed by atoms with Crippen LogP contribution in [0.5, 0.6) is 0 Å². The van der Waals surface area contributed by atoms with Crippen molar-refractivity contribution in [1.29, 1.82) is 0 Å². The summed E-state index contributed by atoms with van der Waals surface area (Å²) in [4.78, 5) is 14.4. The molecule has 0 bridgehead atoms. The van der Waals surface area contributed by atoms with Crippen molar-refractivity contribution in [3.63, 3.8) is 0 Å². The summed E-state index contributed by atoms with van der Waals surface area (Å²) in [6.45, 7) is 2.65. The first-order valence-electron chi connectivity index (χ1n) is 7.20. The Hall–Kier alpha value is -1.07. The predicted molar refractivity (Wildman–Crippen MR) is 84.5 cm³/mol. The van der Waals surface area contributed by atoms with E-state index >= 15 is 0 Å². The highest BCUT2D eigenvalue weighted by Gasteiger charge is 2.34. The van der Waals surface area contributed by atoms with Gasteiger partial charge in [-0.15, -0.1) is 0 Å². The zero-order valence-electron chi connectivity index (χ0n) is 12.1. The minimum absolute atomic E-state index is 0.0794. The van der Waals surface area contributed by atoms with Crippen LogP contribution in [0.4, 0.5) is 0 Å². The Kier molecular flexibility index (Phi) is 5.27. The fourth-order valence-electron chi connectivity index (χ4n) is 2.56. The van der Waals surface area contributed by atoms with Crippen molar-refractivity contribution in [1.82, 2.24) is 4.90 Å². The number of benzene rings is 1. The van der Waals surface area contributed by atoms with Gasteiger partial charge in [0.15, 0.2) is 9.84 Å². The van der Waals surface area contributed by atoms with Crippen LogP contribution >= 0.6 is 11.6 Å². The van der Waals surface area contributed by atoms with Gasteiger partial charge in [-0.2, -0.15) is 0 Å². The number of hydrogen-bond donors (Lipinski definition) is 0. The van der Waals surface area contributed by atoms with Crippen LogP contribution in [0.25, 0.3) is 0 Å². The maximum Gasteiger partial charge on any atom is 0.254 e. The number of amides is 1. The van der Waals surface area contributed by atoms with Crippen LogP contribution in [0.3, 0.4) is 0 Å². The van der Waals surface area contributed by atoms with E-state index in [9.17, 15) is 13.2 Å². The van der Waals surface area contributed by atoms with E-state index in [1.165, 1.54) is 0 Å². The van der Waals surface area contributed by atoms with Crippen LogP contribution in [0.2, 0.25) is 5.02 Å². The second-order valence-corrected chi connectivity index (χ2v) is 8.08. The van der Waals surface area contributed by atoms with Crippen LogP contribution in [0.15, 0.2) is 24.3 Å². The smallest absolute Gasteiger partial charge is 0.254 e. The Labute approximate surface area is 131 Å². The second kappa shape index (κ2) is 6.79. The van der Waals surface area contributed by atoms with Crippen LogP contribution in [0, 0.1) is 0 Å². The van der Waals surface area contributed by atoms with E-state index in [0.717, 1.165) is 12.8 Å². The summed E-state index contributed by atoms with van der Waals surface area (Å²) in [5, 5.41) is 0.579. The van der Waals surface area contributed by atoms with Gasteiger partial charge in [0.25, 0.3) is 5.91 Å². The van der Waals surface area contributed by atoms with Gasteiger partial charge in [-0.3, -0.25) is 4.79 Å². The summed E-state index contributed by atoms with van der Waals surface area (Å²) in [7, 11) is -3.00. The van der Waals surface area contributed by atoms with Crippen molar-refractivity contribution < 1.29 is 13.2 Å². The molecule has 0 radical (unpaired) electrons. The van der Waals surface area contributed by atoms with Gasteiger partial charge in [0.05, 0.1) is 11.5 Å². The van der Waals surface area contributed by atoms with E-state index in [1.54, 1.807) is 29.2 Å². The zero-order valence-corrected chi connectivity index (χ0v) is 13.7. The lowest BCUT2D eigenvalue weighted by atomic mass is 10.1. The van der Waals surface area contributed by atoms with Gasteiger partial charge in [-0.05, 0) is 37.1 Å². The van der Waals surface area contributed by atoms with E-state index in [1.807, 2.05) is 0 Å². The molecule has 0 N–H and O–H groups in total. The summed E-state index contributed by atoms with van der Waals surface area (Å²) in [5.74, 6) is 0.145. The first kappa shape index (κ1) is 16.3. The highest BCUT2D eigenvalue weighted by Crippen LogP contribution is 2.21. The largest absolute Gasteiger partial charge is 0.335 e. The monoisotopic (exact) mass is 329 g/mol. The number of unbranched alkanes of at least 4 members (excludes halogenated alkanes) is 1. The number of rotatable bonds is 5. The van der Waals surface area contributed by atoms with Crippen molar-refractivity contribution in [2.45, 2.75) is 32.2 Å². The molecule has 21 heavy (non-hydrogen) atoms. The molecule has 0 spiro atoms. The van der Waals surface area contributed by atoms with Gasteiger partial charge < -0.3 is 4.90 Å². The van der Waals surface area contributed by atoms with E-state index in [-0.39, 0.29) is 23.5 Å². The average molecular weight is 330 g/mol. The van der Waals surface area contributed by atoms with Gasteiger partial charge in [0.1, 0.15) is 0 Å². The van der Waals surface area contributed by atoms with Crippen molar-refractivity contribution in [3.8, 4) is 0 Å². The van der Waals surface area contributed by atoms with Crippen molar-refractivity contribution in [2.24, 2.45) is 0 Å². The molecule has 0 aliphatic carbocycles. The number of sulfone groups is 1. The Morgan fingerprint density at radius 2 is 2.00 bits per heavy atom. The molecule has 0 unspecified atom stereocenters. The van der Waals surface area contributed by atoms with Crippen molar-refractivity contribution >= 4 is 27.3 Å². The molecule has 1 aromatic rings. The molecule has 6 heteroatoms. The quantitative estimate of drug-likeness (QED) is 0.834. The lowest BCUT2D eigenvalue weighted by molar-refractivity contribution is 0.0694. The molecule has 1 saturated heterocycles. The third kappa shape index (κ3) is 4.20. The maximum absolute atomic E-state index is 12.6. The summed E-state index contributed by atoms with van der Waals surface area (Å²) in [5.41, 5.74) is 0.555. The average Bonchev–Trinajstić information content (AvgIpc) is 2.80. The standard InChI is InChI=1S/C15H20ClNO3S/c1-2-3-9-17(14-8-10-21(19,20)11-14)15(18)12-4-6-13(16)7-5-12/h4-7,14H,2-3,8-11H2,1H3/t14-/m1/s1. The van der Waals surface area contributed by atoms with Gasteiger partial charge in [-0.1, -0.05) is 24.9 Å². The van der Waals surface area contributed by atoms with Gasteiger partial charge >= 0.3 is 0 Å². The molecular weight excluding hydrogens is 310 g/mol. The Morgan fingerprint density at radius 1 is 1.33 bits per heavy atom. The highest BCUT2D eigenvalue weighted by molar-refractivity contribution is 7.91. The summed E-state index contributed by atoms with van der Waals surface area (Å²) in [6, 6.07) is 6.53. The molecule has 1 fully saturated rings. The minimum Gasteiger partial charge on any atom is -0.335 e. The third-order valence-electron chi connectivity index (χ3n) is 3.75. The third-order valence-corrected chi connectivity index (χ3v) is 5.76. The molecule has 2 rings (SSSR count). The first-order chi connectivity index (χ1) is 9.93.